The zero-order valence-corrected chi connectivity index (χ0v) is 18.7. The van der Waals surface area contributed by atoms with Gasteiger partial charge >= 0.3 is 0 Å². The molecule has 29 heavy (non-hydrogen) atoms. The Morgan fingerprint density at radius 2 is 1.97 bits per heavy atom. The topological polar surface area (TPSA) is 55.6 Å². The van der Waals surface area contributed by atoms with Crippen LogP contribution in [0.25, 0.3) is 20.4 Å². The molecule has 3 aromatic heterocycles. The fourth-order valence-electron chi connectivity index (χ4n) is 4.77. The van der Waals surface area contributed by atoms with Crippen molar-refractivity contribution < 1.29 is 9.72 Å². The number of nitrogens with zero attached hydrogens (tertiary/aromatic N) is 4. The molecular formula is C22H30N5OS+. The number of pyridine rings is 1. The molecule has 5 heterocycles. The number of fused-ring (bicyclic) bond motifs is 5. The average Bonchev–Trinajstić information content (AvgIpc) is 3.35. The number of rotatable bonds is 4. The van der Waals surface area contributed by atoms with Crippen LogP contribution in [0, 0.1) is 0 Å². The molecule has 0 saturated carbocycles. The largest absolute Gasteiger partial charge is 0.370 e. The van der Waals surface area contributed by atoms with E-state index in [0.717, 1.165) is 54.6 Å². The van der Waals surface area contributed by atoms with Crippen molar-refractivity contribution in [2.75, 3.05) is 36.0 Å². The molecule has 1 fully saturated rings. The second-order valence-corrected chi connectivity index (χ2v) is 9.69. The number of anilines is 2. The van der Waals surface area contributed by atoms with Crippen LogP contribution >= 0.6 is 11.3 Å². The Morgan fingerprint density at radius 1 is 1.21 bits per heavy atom. The zero-order chi connectivity index (χ0) is 20.2. The number of aromatic amines is 1. The molecule has 0 bridgehead atoms. The van der Waals surface area contributed by atoms with Crippen LogP contribution in [0.1, 0.15) is 51.7 Å². The summed E-state index contributed by atoms with van der Waals surface area (Å²) in [6, 6.07) is 0. The highest BCUT2D eigenvalue weighted by molar-refractivity contribution is 7.26. The van der Waals surface area contributed by atoms with Crippen molar-refractivity contribution in [3.8, 4) is 0 Å². The average molecular weight is 413 g/mol. The summed E-state index contributed by atoms with van der Waals surface area (Å²) in [5.41, 5.74) is 3.58. The van der Waals surface area contributed by atoms with Gasteiger partial charge < -0.3 is 9.64 Å². The molecule has 0 radical (unpaired) electrons. The van der Waals surface area contributed by atoms with Crippen molar-refractivity contribution in [3.63, 3.8) is 0 Å². The molecule has 1 saturated heterocycles. The van der Waals surface area contributed by atoms with Gasteiger partial charge in [-0.1, -0.05) is 0 Å². The molecule has 6 nitrogen and oxygen atoms in total. The number of hydrogen-bond acceptors (Lipinski definition) is 6. The van der Waals surface area contributed by atoms with E-state index < -0.39 is 0 Å². The van der Waals surface area contributed by atoms with Crippen LogP contribution in [0.15, 0.2) is 6.33 Å². The van der Waals surface area contributed by atoms with Crippen molar-refractivity contribution in [2.45, 2.75) is 59.2 Å². The predicted octanol–water partition coefficient (Wildman–Crippen LogP) is 3.96. The second kappa shape index (κ2) is 7.06. The van der Waals surface area contributed by atoms with Crippen LogP contribution in [-0.2, 0) is 17.8 Å². The van der Waals surface area contributed by atoms with E-state index in [4.69, 9.17) is 14.7 Å². The number of H-pyrrole nitrogens is 1. The summed E-state index contributed by atoms with van der Waals surface area (Å²) in [5.74, 6) is 2.30. The molecule has 0 spiro atoms. The maximum Gasteiger partial charge on any atom is 0.242 e. The predicted molar refractivity (Wildman–Crippen MR) is 119 cm³/mol. The Morgan fingerprint density at radius 3 is 2.69 bits per heavy atom. The van der Waals surface area contributed by atoms with Crippen LogP contribution in [0.5, 0.6) is 0 Å². The monoisotopic (exact) mass is 412 g/mol. The van der Waals surface area contributed by atoms with Crippen LogP contribution in [0.3, 0.4) is 0 Å². The molecule has 0 amide bonds. The summed E-state index contributed by atoms with van der Waals surface area (Å²) in [6.07, 6.45) is 5.23. The minimum atomic E-state index is -0.166. The number of nitrogens with one attached hydrogen (secondary N) is 1. The number of hydrogen-bond donors (Lipinski definition) is 0. The molecule has 0 atom stereocenters. The van der Waals surface area contributed by atoms with E-state index in [2.05, 4.69) is 42.5 Å². The van der Waals surface area contributed by atoms with E-state index in [1.54, 1.807) is 11.3 Å². The summed E-state index contributed by atoms with van der Waals surface area (Å²) < 4.78 is 7.44. The van der Waals surface area contributed by atoms with Crippen molar-refractivity contribution in [2.24, 2.45) is 0 Å². The summed E-state index contributed by atoms with van der Waals surface area (Å²) in [4.78, 5) is 19.3. The normalized spacial score (nSPS) is 18.6. The lowest BCUT2D eigenvalue weighted by molar-refractivity contribution is -0.366. The van der Waals surface area contributed by atoms with Gasteiger partial charge in [0.25, 0.3) is 0 Å². The fraction of sp³-hybridized carbons (Fsp3) is 0.591. The third-order valence-corrected chi connectivity index (χ3v) is 7.39. The first-order chi connectivity index (χ1) is 14.0. The third-order valence-electron chi connectivity index (χ3n) is 6.31. The Bertz CT molecular complexity index is 1070. The van der Waals surface area contributed by atoms with Gasteiger partial charge in [-0.3, -0.25) is 4.90 Å². The molecule has 1 N–H and O–H groups in total. The molecule has 0 aliphatic carbocycles. The van der Waals surface area contributed by atoms with Crippen molar-refractivity contribution >= 4 is 43.4 Å². The lowest BCUT2D eigenvalue weighted by atomic mass is 9.90. The summed E-state index contributed by atoms with van der Waals surface area (Å²) in [6.45, 7) is 13.5. The van der Waals surface area contributed by atoms with Gasteiger partial charge in [0.15, 0.2) is 5.52 Å². The minimum Gasteiger partial charge on any atom is -0.370 e. The lowest BCUT2D eigenvalue weighted by Gasteiger charge is -2.34. The third kappa shape index (κ3) is 3.06. The van der Waals surface area contributed by atoms with Gasteiger partial charge in [-0.2, -0.15) is 0 Å². The van der Waals surface area contributed by atoms with Crippen LogP contribution in [0.2, 0.25) is 0 Å². The molecule has 0 unspecified atom stereocenters. The van der Waals surface area contributed by atoms with Gasteiger partial charge in [0, 0.05) is 25.1 Å². The second-order valence-electron chi connectivity index (χ2n) is 8.70. The summed E-state index contributed by atoms with van der Waals surface area (Å²) >= 11 is 1.78. The van der Waals surface area contributed by atoms with Gasteiger partial charge in [0.2, 0.25) is 12.1 Å². The van der Waals surface area contributed by atoms with Crippen molar-refractivity contribution in [1.82, 2.24) is 9.97 Å². The Balaban J connectivity index is 1.81. The molecule has 5 rings (SSSR count). The van der Waals surface area contributed by atoms with E-state index in [1.807, 2.05) is 6.33 Å². The van der Waals surface area contributed by atoms with Crippen LogP contribution < -0.4 is 14.8 Å². The van der Waals surface area contributed by atoms with Gasteiger partial charge in [0.1, 0.15) is 15.3 Å². The van der Waals surface area contributed by atoms with E-state index >= 15 is 0 Å². The SMILES string of the molecule is CCN(CC)c1[nH+]cnc2c1sc1nc(N3CCCC3)c3c(c12)CC(C)(C)OC3. The molecule has 7 heteroatoms. The number of aromatic nitrogens is 3. The highest BCUT2D eigenvalue weighted by atomic mass is 32.1. The van der Waals surface area contributed by atoms with Crippen LogP contribution in [0.4, 0.5) is 11.6 Å². The smallest absolute Gasteiger partial charge is 0.242 e. The van der Waals surface area contributed by atoms with Gasteiger partial charge in [-0.25, -0.2) is 9.97 Å². The number of thiophene rings is 1. The van der Waals surface area contributed by atoms with Crippen molar-refractivity contribution in [3.05, 3.63) is 17.5 Å². The van der Waals surface area contributed by atoms with E-state index in [1.165, 1.54) is 34.1 Å². The first-order valence-electron chi connectivity index (χ1n) is 10.8. The Kier molecular flexibility index (Phi) is 4.62. The van der Waals surface area contributed by atoms with Gasteiger partial charge in [0.05, 0.1) is 30.7 Å². The lowest BCUT2D eigenvalue weighted by Crippen LogP contribution is -2.33. The van der Waals surface area contributed by atoms with E-state index in [-0.39, 0.29) is 5.60 Å². The Hall–Kier alpha value is -1.99. The fourth-order valence-corrected chi connectivity index (χ4v) is 5.96. The highest BCUT2D eigenvalue weighted by Gasteiger charge is 2.34. The zero-order valence-electron chi connectivity index (χ0n) is 17.8. The highest BCUT2D eigenvalue weighted by Crippen LogP contribution is 2.44. The molecule has 2 aliphatic rings. The van der Waals surface area contributed by atoms with E-state index in [0.29, 0.717) is 6.61 Å². The molecular weight excluding hydrogens is 382 g/mol. The van der Waals surface area contributed by atoms with Gasteiger partial charge in [-0.05, 0) is 46.1 Å². The van der Waals surface area contributed by atoms with E-state index in [9.17, 15) is 0 Å². The Labute approximate surface area is 175 Å². The van der Waals surface area contributed by atoms with Gasteiger partial charge in [-0.15, -0.1) is 16.3 Å². The molecule has 2 aliphatic heterocycles. The molecule has 0 aromatic carbocycles. The minimum absolute atomic E-state index is 0.166. The number of ether oxygens (including phenoxy) is 1. The maximum absolute atomic E-state index is 6.23. The quantitative estimate of drug-likeness (QED) is 0.649. The molecule has 154 valence electrons. The molecule has 3 aromatic rings. The summed E-state index contributed by atoms with van der Waals surface area (Å²) in [5, 5.41) is 1.24. The van der Waals surface area contributed by atoms with Crippen molar-refractivity contribution in [1.29, 1.82) is 0 Å². The van der Waals surface area contributed by atoms with Crippen LogP contribution in [-0.4, -0.2) is 41.7 Å². The first kappa shape index (κ1) is 19.0. The summed E-state index contributed by atoms with van der Waals surface area (Å²) in [7, 11) is 0. The first-order valence-corrected chi connectivity index (χ1v) is 11.6. The standard InChI is InChI=1S/C22H29N5OS/c1-5-26(6-2)20-18-17(23-13-24-20)16-14-11-22(3,4)28-12-15(14)19(25-21(16)29-18)27-9-7-8-10-27/h13H,5-12H2,1-4H3/p+1. The maximum atomic E-state index is 6.23.